The molecule has 0 spiro atoms. The molecule has 0 aliphatic carbocycles. The third-order valence-electron chi connectivity index (χ3n) is 5.11. The van der Waals surface area contributed by atoms with Gasteiger partial charge in [-0.15, -0.1) is 0 Å². The van der Waals surface area contributed by atoms with Gasteiger partial charge in [-0.1, -0.05) is 37.6 Å². The maximum absolute atomic E-state index is 13.9. The molecule has 3 aromatic rings. The fourth-order valence-corrected chi connectivity index (χ4v) is 5.37. The SMILES string of the molecule is CC.O=S(=O)(c1cccc(Cl)c1)n1cc(C(F)F)c2c(NC3CCNCC3)cccc21. The zero-order valence-electron chi connectivity index (χ0n) is 17.4. The summed E-state index contributed by atoms with van der Waals surface area (Å²) < 4.78 is 55.0. The van der Waals surface area contributed by atoms with Crippen molar-refractivity contribution >= 4 is 38.2 Å². The van der Waals surface area contributed by atoms with Gasteiger partial charge >= 0.3 is 0 Å². The van der Waals surface area contributed by atoms with E-state index < -0.39 is 16.4 Å². The van der Waals surface area contributed by atoms with E-state index in [0.29, 0.717) is 5.69 Å². The van der Waals surface area contributed by atoms with Gasteiger partial charge in [0.05, 0.1) is 10.4 Å². The molecule has 1 aliphatic rings. The molecule has 2 N–H and O–H groups in total. The lowest BCUT2D eigenvalue weighted by molar-refractivity contribution is 0.153. The molecule has 5 nitrogen and oxygen atoms in total. The van der Waals surface area contributed by atoms with E-state index in [1.807, 2.05) is 13.8 Å². The summed E-state index contributed by atoms with van der Waals surface area (Å²) in [7, 11) is -4.09. The number of piperidine rings is 1. The normalized spacial score (nSPS) is 15.0. The minimum atomic E-state index is -4.09. The second kappa shape index (κ2) is 9.97. The summed E-state index contributed by atoms with van der Waals surface area (Å²) in [6, 6.07) is 10.8. The molecule has 0 saturated carbocycles. The van der Waals surface area contributed by atoms with Gasteiger partial charge in [0.1, 0.15) is 0 Å². The van der Waals surface area contributed by atoms with E-state index in [1.165, 1.54) is 24.3 Å². The molecule has 1 saturated heterocycles. The van der Waals surface area contributed by atoms with E-state index in [-0.39, 0.29) is 32.4 Å². The fourth-order valence-electron chi connectivity index (χ4n) is 3.70. The van der Waals surface area contributed by atoms with Gasteiger partial charge in [-0.2, -0.15) is 0 Å². The number of hydrogen-bond acceptors (Lipinski definition) is 4. The van der Waals surface area contributed by atoms with Crippen LogP contribution < -0.4 is 10.6 Å². The summed E-state index contributed by atoms with van der Waals surface area (Å²) in [5.74, 6) is 0. The number of halogens is 3. The number of nitrogens with one attached hydrogen (secondary N) is 2. The van der Waals surface area contributed by atoms with Crippen LogP contribution in [0.5, 0.6) is 0 Å². The van der Waals surface area contributed by atoms with E-state index in [0.717, 1.165) is 36.1 Å². The van der Waals surface area contributed by atoms with Crippen LogP contribution in [0.15, 0.2) is 53.6 Å². The van der Waals surface area contributed by atoms with Crippen molar-refractivity contribution in [3.63, 3.8) is 0 Å². The highest BCUT2D eigenvalue weighted by Gasteiger charge is 2.26. The van der Waals surface area contributed by atoms with Crippen LogP contribution in [-0.2, 0) is 10.0 Å². The van der Waals surface area contributed by atoms with Gasteiger partial charge in [0.15, 0.2) is 0 Å². The van der Waals surface area contributed by atoms with E-state index in [4.69, 9.17) is 11.6 Å². The van der Waals surface area contributed by atoms with Gasteiger partial charge < -0.3 is 10.6 Å². The predicted octanol–water partition coefficient (Wildman–Crippen LogP) is 5.66. The Labute approximate surface area is 186 Å². The highest BCUT2D eigenvalue weighted by molar-refractivity contribution is 7.90. The molecule has 0 radical (unpaired) electrons. The molecule has 0 amide bonds. The average Bonchev–Trinajstić information content (AvgIpc) is 3.18. The van der Waals surface area contributed by atoms with Gasteiger partial charge in [0.2, 0.25) is 0 Å². The predicted molar refractivity (Wildman–Crippen MR) is 122 cm³/mol. The van der Waals surface area contributed by atoms with Crippen LogP contribution in [0.3, 0.4) is 0 Å². The molecule has 4 rings (SSSR count). The lowest BCUT2D eigenvalue weighted by Gasteiger charge is -2.25. The summed E-state index contributed by atoms with van der Waals surface area (Å²) in [6.07, 6.45) is -0.0764. The Kier molecular flexibility index (Phi) is 7.56. The molecule has 31 heavy (non-hydrogen) atoms. The maximum atomic E-state index is 13.9. The first-order chi connectivity index (χ1) is 14.9. The van der Waals surface area contributed by atoms with E-state index in [2.05, 4.69) is 10.6 Å². The van der Waals surface area contributed by atoms with E-state index in [1.54, 1.807) is 18.2 Å². The summed E-state index contributed by atoms with van der Waals surface area (Å²) in [5.41, 5.74) is 0.409. The largest absolute Gasteiger partial charge is 0.382 e. The zero-order chi connectivity index (χ0) is 22.6. The van der Waals surface area contributed by atoms with E-state index in [9.17, 15) is 17.2 Å². The number of nitrogens with zero attached hydrogens (tertiary/aromatic N) is 1. The number of fused-ring (bicyclic) bond motifs is 1. The molecular formula is C22H26ClF2N3O2S. The van der Waals surface area contributed by atoms with Crippen LogP contribution in [0.4, 0.5) is 14.5 Å². The van der Waals surface area contributed by atoms with Crippen molar-refractivity contribution < 1.29 is 17.2 Å². The molecule has 9 heteroatoms. The first-order valence-corrected chi connectivity index (χ1v) is 12.1. The Morgan fingerprint density at radius 1 is 1.13 bits per heavy atom. The van der Waals surface area contributed by atoms with Gasteiger partial charge in [0, 0.05) is 33.9 Å². The highest BCUT2D eigenvalue weighted by atomic mass is 35.5. The fraction of sp³-hybridized carbons (Fsp3) is 0.364. The third kappa shape index (κ3) is 4.86. The Balaban J connectivity index is 0.00000132. The monoisotopic (exact) mass is 469 g/mol. The summed E-state index contributed by atoms with van der Waals surface area (Å²) in [6.45, 7) is 5.69. The summed E-state index contributed by atoms with van der Waals surface area (Å²) in [4.78, 5) is -0.0561. The number of rotatable bonds is 5. The lowest BCUT2D eigenvalue weighted by Crippen LogP contribution is -2.35. The van der Waals surface area contributed by atoms with Crippen LogP contribution in [0.1, 0.15) is 38.7 Å². The number of anilines is 1. The summed E-state index contributed by atoms with van der Waals surface area (Å²) in [5, 5.41) is 7.07. The maximum Gasteiger partial charge on any atom is 0.268 e. The standard InChI is InChI=1S/C20H20ClF2N3O2S.C2H6/c21-13-3-1-4-15(11-13)29(27,28)26-12-16(20(22)23)19-17(5-2-6-18(19)26)25-14-7-9-24-10-8-14;1-2/h1-6,11-12,14,20,24-25H,7-10H2;1-2H3. The van der Waals surface area contributed by atoms with Crippen molar-refractivity contribution in [3.05, 3.63) is 59.2 Å². The van der Waals surface area contributed by atoms with Crippen LogP contribution >= 0.6 is 11.6 Å². The van der Waals surface area contributed by atoms with Gasteiger partial charge in [-0.05, 0) is 56.3 Å². The van der Waals surface area contributed by atoms with Crippen molar-refractivity contribution in [2.24, 2.45) is 0 Å². The molecule has 1 aromatic heterocycles. The third-order valence-corrected chi connectivity index (χ3v) is 7.02. The van der Waals surface area contributed by atoms with Crippen LogP contribution in [0.2, 0.25) is 5.02 Å². The number of hydrogen-bond donors (Lipinski definition) is 2. The average molecular weight is 470 g/mol. The van der Waals surface area contributed by atoms with Crippen molar-refractivity contribution in [1.29, 1.82) is 0 Å². The minimum absolute atomic E-state index is 0.0561. The molecule has 1 fully saturated rings. The topological polar surface area (TPSA) is 63.1 Å². The van der Waals surface area contributed by atoms with Crippen LogP contribution in [-0.4, -0.2) is 31.5 Å². The Morgan fingerprint density at radius 3 is 2.45 bits per heavy atom. The van der Waals surface area contributed by atoms with Crippen molar-refractivity contribution in [2.75, 3.05) is 18.4 Å². The van der Waals surface area contributed by atoms with Crippen molar-refractivity contribution in [1.82, 2.24) is 9.29 Å². The minimum Gasteiger partial charge on any atom is -0.382 e. The zero-order valence-corrected chi connectivity index (χ0v) is 19.0. The molecule has 1 aliphatic heterocycles. The summed E-state index contributed by atoms with van der Waals surface area (Å²) >= 11 is 5.94. The van der Waals surface area contributed by atoms with Crippen molar-refractivity contribution in [2.45, 2.75) is 44.1 Å². The number of alkyl halides is 2. The molecule has 0 atom stereocenters. The smallest absolute Gasteiger partial charge is 0.268 e. The Morgan fingerprint density at radius 2 is 1.81 bits per heavy atom. The number of aromatic nitrogens is 1. The van der Waals surface area contributed by atoms with Gasteiger partial charge in [-0.25, -0.2) is 21.2 Å². The van der Waals surface area contributed by atoms with Crippen molar-refractivity contribution in [3.8, 4) is 0 Å². The lowest BCUT2D eigenvalue weighted by atomic mass is 10.0. The second-order valence-electron chi connectivity index (χ2n) is 7.01. The van der Waals surface area contributed by atoms with Crippen LogP contribution in [0, 0.1) is 0 Å². The molecule has 0 bridgehead atoms. The first-order valence-electron chi connectivity index (χ1n) is 10.3. The Bertz CT molecular complexity index is 1140. The molecular weight excluding hydrogens is 444 g/mol. The highest BCUT2D eigenvalue weighted by Crippen LogP contribution is 2.37. The Hall–Kier alpha value is -2.16. The molecule has 2 aromatic carbocycles. The molecule has 2 heterocycles. The van der Waals surface area contributed by atoms with Gasteiger partial charge in [0.25, 0.3) is 16.4 Å². The van der Waals surface area contributed by atoms with Gasteiger partial charge in [-0.3, -0.25) is 0 Å². The quantitative estimate of drug-likeness (QED) is 0.506. The van der Waals surface area contributed by atoms with Crippen LogP contribution in [0.25, 0.3) is 10.9 Å². The molecule has 0 unspecified atom stereocenters. The second-order valence-corrected chi connectivity index (χ2v) is 9.26. The first kappa shape index (κ1) is 23.5. The molecule has 168 valence electrons. The number of benzene rings is 2. The van der Waals surface area contributed by atoms with E-state index >= 15 is 0 Å².